The molecule has 2 heterocycles. The molecule has 0 bridgehead atoms. The van der Waals surface area contributed by atoms with Crippen LogP contribution < -0.4 is 9.64 Å². The van der Waals surface area contributed by atoms with Gasteiger partial charge < -0.3 is 14.5 Å². The molecule has 0 radical (unpaired) electrons. The van der Waals surface area contributed by atoms with E-state index in [2.05, 4.69) is 59.3 Å². The van der Waals surface area contributed by atoms with Crippen LogP contribution in [0.3, 0.4) is 0 Å². The van der Waals surface area contributed by atoms with Gasteiger partial charge in [-0.2, -0.15) is 0 Å². The van der Waals surface area contributed by atoms with Gasteiger partial charge in [0, 0.05) is 31.9 Å². The summed E-state index contributed by atoms with van der Waals surface area (Å²) in [6, 6.07) is 16.4. The first-order chi connectivity index (χ1) is 15.6. The summed E-state index contributed by atoms with van der Waals surface area (Å²) in [6.45, 7) is 7.32. The second kappa shape index (κ2) is 10.1. The Morgan fingerprint density at radius 2 is 1.78 bits per heavy atom. The molecule has 1 fully saturated rings. The molecule has 1 aromatic heterocycles. The number of amides is 1. The van der Waals surface area contributed by atoms with Crippen molar-refractivity contribution < 1.29 is 9.53 Å². The van der Waals surface area contributed by atoms with Gasteiger partial charge in [-0.15, -0.1) is 10.2 Å². The summed E-state index contributed by atoms with van der Waals surface area (Å²) in [5.74, 6) is 1.82. The predicted molar refractivity (Wildman–Crippen MR) is 128 cm³/mol. The molecule has 0 unspecified atom stereocenters. The van der Waals surface area contributed by atoms with E-state index in [1.807, 2.05) is 27.7 Å². The first-order valence-electron chi connectivity index (χ1n) is 10.9. The van der Waals surface area contributed by atoms with Crippen LogP contribution >= 0.6 is 11.8 Å². The number of hydrogen-bond donors (Lipinski definition) is 0. The van der Waals surface area contributed by atoms with Crippen molar-refractivity contribution in [2.24, 2.45) is 0 Å². The van der Waals surface area contributed by atoms with Crippen LogP contribution in [0.15, 0.2) is 60.0 Å². The Kier molecular flexibility index (Phi) is 6.99. The van der Waals surface area contributed by atoms with Crippen molar-refractivity contribution in [3.05, 3.63) is 60.4 Å². The standard InChI is InChI=1S/C24H29N5O2S/c1-18(2)19-8-10-20(11-9-19)29-17-25-26-24(29)32-16-23(30)28-14-12-27(13-15-28)21-6-4-5-7-22(21)31-3/h4-11,17-18H,12-16H2,1-3H3. The highest BCUT2D eigenvalue weighted by Crippen LogP contribution is 2.28. The number of aromatic nitrogens is 3. The molecule has 0 aliphatic carbocycles. The van der Waals surface area contributed by atoms with Crippen LogP contribution in [0.1, 0.15) is 25.3 Å². The minimum Gasteiger partial charge on any atom is -0.495 e. The maximum Gasteiger partial charge on any atom is 0.233 e. The van der Waals surface area contributed by atoms with Gasteiger partial charge in [0.15, 0.2) is 5.16 Å². The van der Waals surface area contributed by atoms with Crippen LogP contribution in [-0.4, -0.2) is 64.6 Å². The molecule has 1 aliphatic rings. The lowest BCUT2D eigenvalue weighted by Gasteiger charge is -2.36. The first kappa shape index (κ1) is 22.2. The molecule has 1 aliphatic heterocycles. The fourth-order valence-electron chi connectivity index (χ4n) is 3.83. The molecule has 2 aromatic carbocycles. The van der Waals surface area contributed by atoms with Crippen molar-refractivity contribution in [3.8, 4) is 11.4 Å². The van der Waals surface area contributed by atoms with E-state index in [0.29, 0.717) is 24.8 Å². The molecule has 32 heavy (non-hydrogen) atoms. The van der Waals surface area contributed by atoms with Crippen molar-refractivity contribution in [2.45, 2.75) is 24.9 Å². The molecule has 8 heteroatoms. The number of rotatable bonds is 7. The predicted octanol–water partition coefficient (Wildman–Crippen LogP) is 3.84. The summed E-state index contributed by atoms with van der Waals surface area (Å²) in [7, 11) is 1.69. The summed E-state index contributed by atoms with van der Waals surface area (Å²) >= 11 is 1.43. The number of piperazine rings is 1. The summed E-state index contributed by atoms with van der Waals surface area (Å²) < 4.78 is 7.41. The lowest BCUT2D eigenvalue weighted by Crippen LogP contribution is -2.49. The average molecular weight is 452 g/mol. The SMILES string of the molecule is COc1ccccc1N1CCN(C(=O)CSc2nncn2-c2ccc(C(C)C)cc2)CC1. The van der Waals surface area contributed by atoms with Gasteiger partial charge in [-0.1, -0.05) is 49.9 Å². The summed E-state index contributed by atoms with van der Waals surface area (Å²) in [4.78, 5) is 17.0. The second-order valence-corrected chi connectivity index (χ2v) is 9.00. The highest BCUT2D eigenvalue weighted by atomic mass is 32.2. The van der Waals surface area contributed by atoms with E-state index in [1.54, 1.807) is 13.4 Å². The fourth-order valence-corrected chi connectivity index (χ4v) is 4.66. The molecule has 0 atom stereocenters. The van der Waals surface area contributed by atoms with Crippen molar-refractivity contribution in [1.29, 1.82) is 0 Å². The molecule has 168 valence electrons. The van der Waals surface area contributed by atoms with E-state index in [-0.39, 0.29) is 5.91 Å². The third-order valence-corrected chi connectivity index (χ3v) is 6.67. The molecule has 0 N–H and O–H groups in total. The molecule has 4 rings (SSSR count). The topological polar surface area (TPSA) is 63.5 Å². The van der Waals surface area contributed by atoms with Gasteiger partial charge in [-0.25, -0.2) is 0 Å². The fraction of sp³-hybridized carbons (Fsp3) is 0.375. The van der Waals surface area contributed by atoms with Crippen LogP contribution in [-0.2, 0) is 4.79 Å². The maximum absolute atomic E-state index is 12.8. The minimum absolute atomic E-state index is 0.124. The van der Waals surface area contributed by atoms with Gasteiger partial charge in [0.2, 0.25) is 5.91 Å². The third-order valence-electron chi connectivity index (χ3n) is 5.74. The van der Waals surface area contributed by atoms with E-state index in [9.17, 15) is 4.79 Å². The van der Waals surface area contributed by atoms with Crippen LogP contribution in [0.5, 0.6) is 5.75 Å². The normalized spacial score (nSPS) is 14.1. The number of ether oxygens (including phenoxy) is 1. The summed E-state index contributed by atoms with van der Waals surface area (Å²) in [6.07, 6.45) is 1.70. The number of hydrogen-bond acceptors (Lipinski definition) is 6. The van der Waals surface area contributed by atoms with Crippen LogP contribution in [0.4, 0.5) is 5.69 Å². The maximum atomic E-state index is 12.8. The van der Waals surface area contributed by atoms with Gasteiger partial charge in [0.05, 0.1) is 18.6 Å². The Morgan fingerprint density at radius 3 is 2.47 bits per heavy atom. The van der Waals surface area contributed by atoms with Crippen molar-refractivity contribution >= 4 is 23.4 Å². The Bertz CT molecular complexity index is 1040. The third kappa shape index (κ3) is 4.91. The van der Waals surface area contributed by atoms with Crippen LogP contribution in [0, 0.1) is 0 Å². The summed E-state index contributed by atoms with van der Waals surface area (Å²) in [5.41, 5.74) is 3.37. The van der Waals surface area contributed by atoms with Gasteiger partial charge in [0.1, 0.15) is 12.1 Å². The molecule has 0 spiro atoms. The monoisotopic (exact) mass is 451 g/mol. The highest BCUT2D eigenvalue weighted by molar-refractivity contribution is 7.99. The highest BCUT2D eigenvalue weighted by Gasteiger charge is 2.23. The number of methoxy groups -OCH3 is 1. The van der Waals surface area contributed by atoms with Crippen molar-refractivity contribution in [2.75, 3.05) is 43.9 Å². The molecular formula is C24H29N5O2S. The smallest absolute Gasteiger partial charge is 0.233 e. The van der Waals surface area contributed by atoms with E-state index in [1.165, 1.54) is 17.3 Å². The quantitative estimate of drug-likeness (QED) is 0.509. The van der Waals surface area contributed by atoms with E-state index < -0.39 is 0 Å². The first-order valence-corrected chi connectivity index (χ1v) is 11.8. The molecular weight excluding hydrogens is 422 g/mol. The molecule has 1 amide bonds. The molecule has 7 nitrogen and oxygen atoms in total. The van der Waals surface area contributed by atoms with Gasteiger partial charge in [0.25, 0.3) is 0 Å². The zero-order valence-corrected chi connectivity index (χ0v) is 19.6. The number of benzene rings is 2. The number of anilines is 1. The second-order valence-electron chi connectivity index (χ2n) is 8.06. The van der Waals surface area contributed by atoms with Crippen molar-refractivity contribution in [3.63, 3.8) is 0 Å². The largest absolute Gasteiger partial charge is 0.495 e. The number of para-hydroxylation sites is 2. The zero-order valence-electron chi connectivity index (χ0n) is 18.8. The number of carbonyl (C=O) groups is 1. The van der Waals surface area contributed by atoms with E-state index >= 15 is 0 Å². The van der Waals surface area contributed by atoms with Gasteiger partial charge >= 0.3 is 0 Å². The molecule has 1 saturated heterocycles. The molecule has 3 aromatic rings. The Morgan fingerprint density at radius 1 is 1.06 bits per heavy atom. The lowest BCUT2D eigenvalue weighted by molar-refractivity contribution is -0.128. The minimum atomic E-state index is 0.124. The lowest BCUT2D eigenvalue weighted by atomic mass is 10.0. The zero-order chi connectivity index (χ0) is 22.5. The number of carbonyl (C=O) groups excluding carboxylic acids is 1. The number of thioether (sulfide) groups is 1. The van der Waals surface area contributed by atoms with Gasteiger partial charge in [-0.3, -0.25) is 9.36 Å². The molecule has 0 saturated carbocycles. The Balaban J connectivity index is 1.33. The van der Waals surface area contributed by atoms with Crippen LogP contribution in [0.25, 0.3) is 5.69 Å². The summed E-state index contributed by atoms with van der Waals surface area (Å²) in [5, 5.41) is 9.00. The van der Waals surface area contributed by atoms with E-state index in [4.69, 9.17) is 4.74 Å². The average Bonchev–Trinajstić information content (AvgIpc) is 3.31. The van der Waals surface area contributed by atoms with E-state index in [0.717, 1.165) is 35.4 Å². The van der Waals surface area contributed by atoms with Crippen LogP contribution in [0.2, 0.25) is 0 Å². The number of nitrogens with zero attached hydrogens (tertiary/aromatic N) is 5. The van der Waals surface area contributed by atoms with Crippen molar-refractivity contribution in [1.82, 2.24) is 19.7 Å². The Labute approximate surface area is 193 Å². The Hall–Kier alpha value is -3.00. The van der Waals surface area contributed by atoms with Gasteiger partial charge in [-0.05, 0) is 35.7 Å².